The highest BCUT2D eigenvalue weighted by Crippen LogP contribution is 2.24. The molecule has 1 atom stereocenters. The lowest BCUT2D eigenvalue weighted by Crippen LogP contribution is -2.43. The van der Waals surface area contributed by atoms with E-state index in [1.54, 1.807) is 0 Å². The highest BCUT2D eigenvalue weighted by atomic mass is 32.2. The van der Waals surface area contributed by atoms with Crippen LogP contribution in [0.4, 0.5) is 5.69 Å². The fourth-order valence-electron chi connectivity index (χ4n) is 3.65. The summed E-state index contributed by atoms with van der Waals surface area (Å²) in [6, 6.07) is 8.73. The molecule has 2 fully saturated rings. The molecule has 0 radical (unpaired) electrons. The molecule has 2 saturated heterocycles. The van der Waals surface area contributed by atoms with Crippen molar-refractivity contribution in [2.75, 3.05) is 29.9 Å². The van der Waals surface area contributed by atoms with Crippen LogP contribution < -0.4 is 5.32 Å². The van der Waals surface area contributed by atoms with Crippen LogP contribution in [0.25, 0.3) is 0 Å². The number of nitrogens with one attached hydrogen (secondary N) is 1. The molecule has 6 heteroatoms. The first kappa shape index (κ1) is 17.3. The van der Waals surface area contributed by atoms with Crippen molar-refractivity contribution in [3.05, 3.63) is 29.8 Å². The Hall–Kier alpha value is -1.56. The van der Waals surface area contributed by atoms with Crippen molar-refractivity contribution in [2.45, 2.75) is 38.6 Å². The van der Waals surface area contributed by atoms with Gasteiger partial charge in [-0.2, -0.15) is 0 Å². The zero-order valence-electron chi connectivity index (χ0n) is 14.2. The number of carbonyl (C=O) groups excluding carboxylic acids is 1. The number of hydrogen-bond donors (Lipinski definition) is 1. The van der Waals surface area contributed by atoms with E-state index in [1.807, 2.05) is 11.0 Å². The molecule has 0 spiro atoms. The first-order chi connectivity index (χ1) is 11.4. The molecule has 2 heterocycles. The summed E-state index contributed by atoms with van der Waals surface area (Å²) >= 11 is 0. The Labute approximate surface area is 144 Å². The molecule has 1 unspecified atom stereocenters. The summed E-state index contributed by atoms with van der Waals surface area (Å²) < 4.78 is 23.0. The van der Waals surface area contributed by atoms with E-state index in [1.165, 1.54) is 5.56 Å². The molecule has 1 aromatic carbocycles. The molecular formula is C18H26N2O3S. The first-order valence-electron chi connectivity index (χ1n) is 8.73. The molecule has 3 rings (SSSR count). The Morgan fingerprint density at radius 2 is 2.00 bits per heavy atom. The van der Waals surface area contributed by atoms with Gasteiger partial charge in [0.05, 0.1) is 11.5 Å². The molecule has 1 amide bonds. The quantitative estimate of drug-likeness (QED) is 0.904. The molecule has 24 heavy (non-hydrogen) atoms. The topological polar surface area (TPSA) is 66.5 Å². The van der Waals surface area contributed by atoms with Gasteiger partial charge in [0.2, 0.25) is 5.91 Å². The number of likely N-dealkylation sites (tertiary alicyclic amines) is 1. The van der Waals surface area contributed by atoms with Crippen LogP contribution in [-0.4, -0.2) is 49.9 Å². The summed E-state index contributed by atoms with van der Waals surface area (Å²) in [7, 11) is -2.90. The number of carbonyl (C=O) groups is 1. The molecule has 0 aromatic heterocycles. The predicted molar refractivity (Wildman–Crippen MR) is 95.8 cm³/mol. The molecule has 1 N–H and O–H groups in total. The van der Waals surface area contributed by atoms with Crippen LogP contribution >= 0.6 is 0 Å². The summed E-state index contributed by atoms with van der Waals surface area (Å²) in [5.41, 5.74) is 2.37. The van der Waals surface area contributed by atoms with Crippen LogP contribution in [-0.2, 0) is 14.6 Å². The van der Waals surface area contributed by atoms with Gasteiger partial charge in [-0.05, 0) is 49.8 Å². The maximum atomic E-state index is 12.4. The van der Waals surface area contributed by atoms with Crippen molar-refractivity contribution >= 4 is 21.4 Å². The minimum absolute atomic E-state index is 0.0191. The highest BCUT2D eigenvalue weighted by Gasteiger charge is 2.31. The summed E-state index contributed by atoms with van der Waals surface area (Å²) in [4.78, 5) is 14.3. The van der Waals surface area contributed by atoms with E-state index in [2.05, 4.69) is 30.4 Å². The van der Waals surface area contributed by atoms with Crippen molar-refractivity contribution < 1.29 is 13.2 Å². The van der Waals surface area contributed by atoms with E-state index in [0.717, 1.165) is 31.6 Å². The van der Waals surface area contributed by atoms with Crippen LogP contribution in [0.15, 0.2) is 24.3 Å². The van der Waals surface area contributed by atoms with Gasteiger partial charge in [-0.15, -0.1) is 0 Å². The lowest BCUT2D eigenvalue weighted by Gasteiger charge is -2.33. The lowest BCUT2D eigenvalue weighted by atomic mass is 10.0. The lowest BCUT2D eigenvalue weighted by molar-refractivity contribution is -0.133. The van der Waals surface area contributed by atoms with Crippen LogP contribution in [0.5, 0.6) is 0 Å². The number of benzene rings is 1. The van der Waals surface area contributed by atoms with Gasteiger partial charge in [0.1, 0.15) is 0 Å². The van der Waals surface area contributed by atoms with Gasteiger partial charge in [-0.3, -0.25) is 4.79 Å². The molecule has 0 aliphatic carbocycles. The van der Waals surface area contributed by atoms with Crippen LogP contribution in [0, 0.1) is 12.8 Å². The normalized spacial score (nSPS) is 24.0. The van der Waals surface area contributed by atoms with Gasteiger partial charge in [0, 0.05) is 31.2 Å². The second-order valence-corrected chi connectivity index (χ2v) is 9.37. The Balaban J connectivity index is 1.45. The largest absolute Gasteiger partial charge is 0.382 e. The Bertz CT molecular complexity index is 694. The van der Waals surface area contributed by atoms with Crippen molar-refractivity contribution in [2.24, 2.45) is 5.92 Å². The Kier molecular flexibility index (Phi) is 5.13. The molecule has 2 aliphatic rings. The maximum absolute atomic E-state index is 12.4. The van der Waals surface area contributed by atoms with Gasteiger partial charge in [0.25, 0.3) is 0 Å². The minimum Gasteiger partial charge on any atom is -0.382 e. The van der Waals surface area contributed by atoms with E-state index in [4.69, 9.17) is 0 Å². The Morgan fingerprint density at radius 3 is 2.62 bits per heavy atom. The SMILES string of the molecule is Cc1cccc(NC2CCN(C(=O)CC3CCS(=O)(=O)C3)CC2)c1. The van der Waals surface area contributed by atoms with Gasteiger partial charge < -0.3 is 10.2 Å². The summed E-state index contributed by atoms with van der Waals surface area (Å²) in [6.07, 6.45) is 2.89. The average Bonchev–Trinajstić information content (AvgIpc) is 2.87. The third-order valence-corrected chi connectivity index (χ3v) is 6.86. The predicted octanol–water partition coefficient (Wildman–Crippen LogP) is 2.22. The number of nitrogens with zero attached hydrogens (tertiary/aromatic N) is 1. The number of amides is 1. The van der Waals surface area contributed by atoms with Gasteiger partial charge in [-0.1, -0.05) is 12.1 Å². The monoisotopic (exact) mass is 350 g/mol. The van der Waals surface area contributed by atoms with Crippen LogP contribution in [0.1, 0.15) is 31.2 Å². The molecule has 0 bridgehead atoms. The summed E-state index contributed by atoms with van der Waals surface area (Å²) in [5, 5.41) is 3.55. The molecular weight excluding hydrogens is 324 g/mol. The number of hydrogen-bond acceptors (Lipinski definition) is 4. The summed E-state index contributed by atoms with van der Waals surface area (Å²) in [6.45, 7) is 3.58. The van der Waals surface area contributed by atoms with E-state index >= 15 is 0 Å². The van der Waals surface area contributed by atoms with Crippen LogP contribution in [0.3, 0.4) is 0 Å². The van der Waals surface area contributed by atoms with E-state index in [9.17, 15) is 13.2 Å². The van der Waals surface area contributed by atoms with E-state index < -0.39 is 9.84 Å². The van der Waals surface area contributed by atoms with Gasteiger partial charge in [0.15, 0.2) is 9.84 Å². The highest BCUT2D eigenvalue weighted by molar-refractivity contribution is 7.91. The van der Waals surface area contributed by atoms with E-state index in [0.29, 0.717) is 18.9 Å². The third-order valence-electron chi connectivity index (χ3n) is 5.03. The average molecular weight is 350 g/mol. The standard InChI is InChI=1S/C18H26N2O3S/c1-14-3-2-4-17(11-14)19-16-5-8-20(9-6-16)18(21)12-15-7-10-24(22,23)13-15/h2-4,11,15-16,19H,5-10,12-13H2,1H3. The van der Waals surface area contributed by atoms with Gasteiger partial charge >= 0.3 is 0 Å². The molecule has 1 aromatic rings. The minimum atomic E-state index is -2.90. The van der Waals surface area contributed by atoms with Crippen molar-refractivity contribution in [1.29, 1.82) is 0 Å². The molecule has 132 valence electrons. The molecule has 5 nitrogen and oxygen atoms in total. The third kappa shape index (κ3) is 4.50. The fraction of sp³-hybridized carbons (Fsp3) is 0.611. The number of sulfone groups is 1. The number of rotatable bonds is 4. The van der Waals surface area contributed by atoms with E-state index in [-0.39, 0.29) is 23.3 Å². The fourth-order valence-corrected chi connectivity index (χ4v) is 5.51. The molecule has 2 aliphatic heterocycles. The number of piperidine rings is 1. The van der Waals surface area contributed by atoms with Crippen molar-refractivity contribution in [3.8, 4) is 0 Å². The van der Waals surface area contributed by atoms with Gasteiger partial charge in [-0.25, -0.2) is 8.42 Å². The number of anilines is 1. The molecule has 0 saturated carbocycles. The summed E-state index contributed by atoms with van der Waals surface area (Å²) in [5.74, 6) is 0.564. The van der Waals surface area contributed by atoms with Crippen LogP contribution in [0.2, 0.25) is 0 Å². The first-order valence-corrected chi connectivity index (χ1v) is 10.5. The van der Waals surface area contributed by atoms with Crippen molar-refractivity contribution in [1.82, 2.24) is 4.90 Å². The zero-order valence-corrected chi connectivity index (χ0v) is 15.0. The van der Waals surface area contributed by atoms with Crippen molar-refractivity contribution in [3.63, 3.8) is 0 Å². The zero-order chi connectivity index (χ0) is 17.2. The second-order valence-electron chi connectivity index (χ2n) is 7.14. The maximum Gasteiger partial charge on any atom is 0.222 e. The number of aryl methyl sites for hydroxylation is 1. The smallest absolute Gasteiger partial charge is 0.222 e. The Morgan fingerprint density at radius 1 is 1.25 bits per heavy atom. The second kappa shape index (κ2) is 7.13.